The van der Waals surface area contributed by atoms with Crippen LogP contribution in [0.2, 0.25) is 0 Å². The van der Waals surface area contributed by atoms with Crippen molar-refractivity contribution in [3.8, 4) is 0 Å². The van der Waals surface area contributed by atoms with Gasteiger partial charge in [0.25, 0.3) is 0 Å². The van der Waals surface area contributed by atoms with E-state index in [9.17, 15) is 0 Å². The van der Waals surface area contributed by atoms with Gasteiger partial charge in [0.15, 0.2) is 0 Å². The van der Waals surface area contributed by atoms with Gasteiger partial charge >= 0.3 is 0 Å². The first-order chi connectivity index (χ1) is 13.1. The van der Waals surface area contributed by atoms with Gasteiger partial charge in [-0.25, -0.2) is 8.78 Å². The number of alkyl halides is 2. The summed E-state index contributed by atoms with van der Waals surface area (Å²) in [5, 5.41) is 0.483. The number of rotatable bonds is 3. The zero-order valence-electron chi connectivity index (χ0n) is 17.0. The normalized spacial score (nSPS) is 47.7. The molecule has 0 N–H and O–H groups in total. The molecule has 4 aliphatic carbocycles. The largest absolute Gasteiger partial charge is 0.244 e. The highest BCUT2D eigenvalue weighted by atomic mass is 32.1. The molecule has 0 aromatic carbocycles. The van der Waals surface area contributed by atoms with E-state index in [2.05, 4.69) is 12.6 Å². The molecule has 4 unspecified atom stereocenters. The Hall–Kier alpha value is 0.210. The second-order valence-electron chi connectivity index (χ2n) is 10.4. The van der Waals surface area contributed by atoms with Gasteiger partial charge in [-0.1, -0.05) is 32.1 Å². The number of thiol groups is 1. The van der Waals surface area contributed by atoms with Crippen LogP contribution in [0.25, 0.3) is 0 Å². The first-order valence-electron chi connectivity index (χ1n) is 12.1. The Labute approximate surface area is 171 Å². The topological polar surface area (TPSA) is 0 Å². The molecule has 0 nitrogen and oxygen atoms in total. The molecule has 0 aromatic heterocycles. The Balaban J connectivity index is 1.28. The molecule has 4 aliphatic rings. The Morgan fingerprint density at radius 1 is 0.444 bits per heavy atom. The summed E-state index contributed by atoms with van der Waals surface area (Å²) in [7, 11) is 0. The lowest BCUT2D eigenvalue weighted by atomic mass is 9.62. The van der Waals surface area contributed by atoms with Crippen molar-refractivity contribution in [2.75, 3.05) is 0 Å². The van der Waals surface area contributed by atoms with Gasteiger partial charge < -0.3 is 0 Å². The van der Waals surface area contributed by atoms with Crippen molar-refractivity contribution >= 4 is 12.6 Å². The van der Waals surface area contributed by atoms with Crippen molar-refractivity contribution in [2.45, 2.75) is 114 Å². The van der Waals surface area contributed by atoms with Gasteiger partial charge in [0.05, 0.1) is 0 Å². The van der Waals surface area contributed by atoms with Gasteiger partial charge in [0, 0.05) is 5.25 Å². The smallest absolute Gasteiger partial charge is 0.134 e. The zero-order chi connectivity index (χ0) is 18.8. The highest BCUT2D eigenvalue weighted by Gasteiger charge is 2.46. The summed E-state index contributed by atoms with van der Waals surface area (Å²) < 4.78 is 30.3. The van der Waals surface area contributed by atoms with Crippen molar-refractivity contribution in [1.29, 1.82) is 0 Å². The van der Waals surface area contributed by atoms with E-state index in [0.717, 1.165) is 63.2 Å². The quantitative estimate of drug-likeness (QED) is 0.466. The Morgan fingerprint density at radius 3 is 1.37 bits per heavy atom. The molecule has 4 rings (SSSR count). The molecule has 4 saturated carbocycles. The van der Waals surface area contributed by atoms with Crippen LogP contribution < -0.4 is 0 Å². The van der Waals surface area contributed by atoms with Crippen molar-refractivity contribution < 1.29 is 8.78 Å². The van der Waals surface area contributed by atoms with E-state index in [0.29, 0.717) is 17.1 Å². The van der Waals surface area contributed by atoms with Crippen molar-refractivity contribution in [3.05, 3.63) is 0 Å². The van der Waals surface area contributed by atoms with E-state index >= 15 is 8.78 Å². The van der Waals surface area contributed by atoms with Crippen LogP contribution in [0.15, 0.2) is 0 Å². The standard InChI is InChI=1S/C24H40F2S/c25-23-21(14-15-22(24(23)26)19-10-12-20(27)13-11-19)18-8-6-17(7-9-18)16-4-2-1-3-5-16/h16-24,27H,1-15H2. The van der Waals surface area contributed by atoms with Crippen LogP contribution in [0.5, 0.6) is 0 Å². The van der Waals surface area contributed by atoms with Gasteiger partial charge in [-0.05, 0) is 99.7 Å². The SMILES string of the molecule is FC1C(F)C(C2CCC(C3CCCCC3)CC2)CCC1C1CCC(S)CC1. The average Bonchev–Trinajstić information content (AvgIpc) is 2.72. The summed E-state index contributed by atoms with van der Waals surface area (Å²) in [6, 6.07) is 0. The molecule has 156 valence electrons. The van der Waals surface area contributed by atoms with Gasteiger partial charge in [-0.15, -0.1) is 0 Å². The predicted octanol–water partition coefficient (Wildman–Crippen LogP) is 7.56. The molecule has 0 saturated heterocycles. The van der Waals surface area contributed by atoms with Gasteiger partial charge in [0.2, 0.25) is 0 Å². The fraction of sp³-hybridized carbons (Fsp3) is 1.00. The van der Waals surface area contributed by atoms with E-state index in [1.54, 1.807) is 0 Å². The molecule has 27 heavy (non-hydrogen) atoms. The lowest BCUT2D eigenvalue weighted by Crippen LogP contribution is -2.45. The highest BCUT2D eigenvalue weighted by Crippen LogP contribution is 2.49. The van der Waals surface area contributed by atoms with Crippen molar-refractivity contribution in [3.63, 3.8) is 0 Å². The maximum Gasteiger partial charge on any atom is 0.134 e. The predicted molar refractivity (Wildman–Crippen MR) is 113 cm³/mol. The number of hydrogen-bond acceptors (Lipinski definition) is 1. The van der Waals surface area contributed by atoms with E-state index in [1.165, 1.54) is 44.9 Å². The first kappa shape index (κ1) is 20.5. The molecule has 4 atom stereocenters. The third kappa shape index (κ3) is 4.69. The summed E-state index contributed by atoms with van der Waals surface area (Å²) in [5.74, 6) is 2.67. The average molecular weight is 399 g/mol. The molecule has 0 bridgehead atoms. The number of hydrogen-bond donors (Lipinski definition) is 1. The molecule has 0 aromatic rings. The monoisotopic (exact) mass is 398 g/mol. The summed E-state index contributed by atoms with van der Waals surface area (Å²) in [6.07, 6.45) is 15.7. The Bertz CT molecular complexity index is 447. The van der Waals surface area contributed by atoms with Crippen LogP contribution in [-0.2, 0) is 0 Å². The van der Waals surface area contributed by atoms with Crippen LogP contribution in [0, 0.1) is 35.5 Å². The second kappa shape index (κ2) is 9.35. The molecule has 0 amide bonds. The maximum absolute atomic E-state index is 15.2. The Morgan fingerprint density at radius 2 is 0.852 bits per heavy atom. The van der Waals surface area contributed by atoms with Gasteiger partial charge in [-0.2, -0.15) is 12.6 Å². The van der Waals surface area contributed by atoms with Crippen LogP contribution in [0.4, 0.5) is 8.78 Å². The fourth-order valence-electron chi connectivity index (χ4n) is 7.35. The summed E-state index contributed by atoms with van der Waals surface area (Å²) >= 11 is 4.57. The highest BCUT2D eigenvalue weighted by molar-refractivity contribution is 7.80. The minimum Gasteiger partial charge on any atom is -0.244 e. The van der Waals surface area contributed by atoms with Gasteiger partial charge in [-0.3, -0.25) is 0 Å². The van der Waals surface area contributed by atoms with E-state index in [4.69, 9.17) is 0 Å². The van der Waals surface area contributed by atoms with Crippen LogP contribution in [-0.4, -0.2) is 17.6 Å². The molecule has 0 radical (unpaired) electrons. The van der Waals surface area contributed by atoms with E-state index in [1.807, 2.05) is 0 Å². The molecule has 0 spiro atoms. The van der Waals surface area contributed by atoms with Gasteiger partial charge in [0.1, 0.15) is 12.3 Å². The summed E-state index contributed by atoms with van der Waals surface area (Å²) in [6.45, 7) is 0. The van der Waals surface area contributed by atoms with Crippen molar-refractivity contribution in [2.24, 2.45) is 35.5 Å². The molecule has 0 aliphatic heterocycles. The van der Waals surface area contributed by atoms with Crippen LogP contribution >= 0.6 is 12.6 Å². The maximum atomic E-state index is 15.2. The summed E-state index contributed by atoms with van der Waals surface area (Å²) in [5.41, 5.74) is 0. The zero-order valence-corrected chi connectivity index (χ0v) is 17.9. The van der Waals surface area contributed by atoms with Crippen molar-refractivity contribution in [1.82, 2.24) is 0 Å². The van der Waals surface area contributed by atoms with E-state index in [-0.39, 0.29) is 11.8 Å². The molecule has 0 heterocycles. The van der Waals surface area contributed by atoms with E-state index < -0.39 is 12.3 Å². The fourth-order valence-corrected chi connectivity index (χ4v) is 7.65. The molecule has 3 heteroatoms. The Kier molecular flexibility index (Phi) is 7.09. The summed E-state index contributed by atoms with van der Waals surface area (Å²) in [4.78, 5) is 0. The minimum atomic E-state index is -1.21. The minimum absolute atomic E-state index is 0.00442. The van der Waals surface area contributed by atoms with Crippen LogP contribution in [0.3, 0.4) is 0 Å². The molecule has 4 fully saturated rings. The first-order valence-corrected chi connectivity index (χ1v) is 12.6. The van der Waals surface area contributed by atoms with Crippen LogP contribution in [0.1, 0.15) is 96.3 Å². The lowest BCUT2D eigenvalue weighted by Gasteiger charge is -2.45. The third-order valence-electron chi connectivity index (χ3n) is 9.04. The lowest BCUT2D eigenvalue weighted by molar-refractivity contribution is -0.0362. The number of halogens is 2. The second-order valence-corrected chi connectivity index (χ2v) is 11.2. The molecular formula is C24H40F2S. The molecular weight excluding hydrogens is 358 g/mol. The third-order valence-corrected chi connectivity index (χ3v) is 9.56.